The highest BCUT2D eigenvalue weighted by Crippen LogP contribution is 2.48. The van der Waals surface area contributed by atoms with Crippen molar-refractivity contribution in [1.29, 1.82) is 0 Å². The first-order chi connectivity index (χ1) is 17.4. The molecular formula is C26H30O4S6. The van der Waals surface area contributed by atoms with Gasteiger partial charge in [0.05, 0.1) is 9.16 Å². The summed E-state index contributed by atoms with van der Waals surface area (Å²) < 4.78 is 11.3. The van der Waals surface area contributed by atoms with E-state index < -0.39 is 0 Å². The molecule has 0 saturated carbocycles. The van der Waals surface area contributed by atoms with Gasteiger partial charge in [-0.2, -0.15) is 23.5 Å². The third kappa shape index (κ3) is 9.51. The Morgan fingerprint density at radius 3 is 1.61 bits per heavy atom. The Kier molecular flexibility index (Phi) is 12.9. The molecule has 1 aromatic carbocycles. The zero-order valence-electron chi connectivity index (χ0n) is 20.4. The van der Waals surface area contributed by atoms with E-state index in [0.29, 0.717) is 22.4 Å². The van der Waals surface area contributed by atoms with E-state index >= 15 is 0 Å². The maximum absolute atomic E-state index is 11.3. The molecule has 2 aliphatic rings. The van der Waals surface area contributed by atoms with Gasteiger partial charge in [0.1, 0.15) is 13.2 Å². The Morgan fingerprint density at radius 2 is 1.22 bits per heavy atom. The molecule has 0 N–H and O–H groups in total. The summed E-state index contributed by atoms with van der Waals surface area (Å²) in [5.41, 5.74) is 2.79. The number of rotatable bonds is 14. The third-order valence-electron chi connectivity index (χ3n) is 5.11. The first-order valence-electron chi connectivity index (χ1n) is 11.3. The van der Waals surface area contributed by atoms with E-state index in [2.05, 4.69) is 51.3 Å². The molecule has 0 amide bonds. The molecule has 0 bridgehead atoms. The summed E-state index contributed by atoms with van der Waals surface area (Å²) in [6, 6.07) is 8.71. The smallest absolute Gasteiger partial charge is 0.330 e. The van der Waals surface area contributed by atoms with Gasteiger partial charge in [-0.1, -0.05) is 37.4 Å². The fraction of sp³-hybridized carbons (Fsp3) is 0.385. The van der Waals surface area contributed by atoms with Crippen LogP contribution < -0.4 is 0 Å². The van der Waals surface area contributed by atoms with Gasteiger partial charge < -0.3 is 9.47 Å². The number of thioether (sulfide) groups is 6. The van der Waals surface area contributed by atoms with Crippen LogP contribution in [-0.2, 0) is 30.6 Å². The molecule has 2 unspecified atom stereocenters. The number of benzene rings is 1. The molecule has 0 fully saturated rings. The van der Waals surface area contributed by atoms with Crippen molar-refractivity contribution in [3.05, 3.63) is 80.3 Å². The quantitative estimate of drug-likeness (QED) is 0.157. The van der Waals surface area contributed by atoms with Crippen LogP contribution in [0, 0.1) is 0 Å². The lowest BCUT2D eigenvalue weighted by molar-refractivity contribution is -0.137. The molecule has 2 heterocycles. The number of hydrogen-bond acceptors (Lipinski definition) is 10. The van der Waals surface area contributed by atoms with Crippen LogP contribution in [0.5, 0.6) is 0 Å². The van der Waals surface area contributed by atoms with Crippen molar-refractivity contribution < 1.29 is 19.1 Å². The van der Waals surface area contributed by atoms with Crippen molar-refractivity contribution in [1.82, 2.24) is 0 Å². The summed E-state index contributed by atoms with van der Waals surface area (Å²) in [5, 5.41) is 0. The molecular weight excluding hydrogens is 569 g/mol. The largest absolute Gasteiger partial charge is 0.457 e. The average molecular weight is 599 g/mol. The Morgan fingerprint density at radius 1 is 0.806 bits per heavy atom. The molecule has 0 aliphatic carbocycles. The van der Waals surface area contributed by atoms with E-state index in [1.807, 2.05) is 70.6 Å². The summed E-state index contributed by atoms with van der Waals surface area (Å²) >= 11 is 11.3. The van der Waals surface area contributed by atoms with Crippen LogP contribution in [0.15, 0.2) is 69.2 Å². The van der Waals surface area contributed by atoms with Crippen molar-refractivity contribution in [2.45, 2.75) is 34.5 Å². The number of ether oxygens (including phenoxy) is 2. The molecule has 1 aromatic rings. The van der Waals surface area contributed by atoms with Crippen LogP contribution >= 0.6 is 70.6 Å². The molecule has 0 radical (unpaired) electrons. The molecule has 194 valence electrons. The van der Waals surface area contributed by atoms with E-state index in [1.165, 1.54) is 33.1 Å². The monoisotopic (exact) mass is 598 g/mol. The summed E-state index contributed by atoms with van der Waals surface area (Å²) in [4.78, 5) is 27.5. The highest BCUT2D eigenvalue weighted by atomic mass is 32.2. The lowest BCUT2D eigenvalue weighted by Gasteiger charge is -2.13. The molecule has 0 aromatic heterocycles. The van der Waals surface area contributed by atoms with Crippen LogP contribution in [0.25, 0.3) is 0 Å². The SMILES string of the molecule is C=CC(=O)OCC1=C(C)SC(CSCc2ccccc2CSCC2SC(C)=C(COC(=O)C=C)S2)S1. The molecule has 0 spiro atoms. The van der Waals surface area contributed by atoms with Gasteiger partial charge in [-0.25, -0.2) is 9.59 Å². The molecule has 2 atom stereocenters. The van der Waals surface area contributed by atoms with E-state index in [0.717, 1.165) is 32.8 Å². The lowest BCUT2D eigenvalue weighted by atomic mass is 10.1. The van der Waals surface area contributed by atoms with Crippen molar-refractivity contribution in [2.75, 3.05) is 24.7 Å². The van der Waals surface area contributed by atoms with E-state index in [9.17, 15) is 9.59 Å². The fourth-order valence-corrected chi connectivity index (χ4v) is 12.0. The van der Waals surface area contributed by atoms with Gasteiger partial charge in [0.25, 0.3) is 0 Å². The van der Waals surface area contributed by atoms with Gasteiger partial charge in [0.15, 0.2) is 0 Å². The summed E-state index contributed by atoms with van der Waals surface area (Å²) in [6.07, 6.45) is 2.41. The second kappa shape index (κ2) is 15.6. The zero-order valence-corrected chi connectivity index (χ0v) is 25.3. The van der Waals surface area contributed by atoms with Gasteiger partial charge in [-0.3, -0.25) is 0 Å². The number of carbonyl (C=O) groups excluding carboxylic acids is 2. The van der Waals surface area contributed by atoms with Crippen LogP contribution in [-0.4, -0.2) is 45.8 Å². The Balaban J connectivity index is 1.38. The van der Waals surface area contributed by atoms with Gasteiger partial charge >= 0.3 is 11.9 Å². The summed E-state index contributed by atoms with van der Waals surface area (Å²) in [5.74, 6) is 3.29. The number of esters is 2. The Bertz CT molecular complexity index is 954. The lowest BCUT2D eigenvalue weighted by Crippen LogP contribution is -2.04. The number of hydrogen-bond donors (Lipinski definition) is 0. The third-order valence-corrected chi connectivity index (χ3v) is 13.9. The van der Waals surface area contributed by atoms with Crippen LogP contribution in [0.4, 0.5) is 0 Å². The van der Waals surface area contributed by atoms with Crippen molar-refractivity contribution >= 4 is 82.5 Å². The minimum atomic E-state index is -0.376. The molecule has 2 aliphatic heterocycles. The maximum atomic E-state index is 11.3. The van der Waals surface area contributed by atoms with Gasteiger partial charge in [0.2, 0.25) is 0 Å². The van der Waals surface area contributed by atoms with E-state index in [-0.39, 0.29) is 11.9 Å². The Labute approximate surface area is 239 Å². The first kappa shape index (κ1) is 29.8. The van der Waals surface area contributed by atoms with E-state index in [4.69, 9.17) is 9.47 Å². The van der Waals surface area contributed by atoms with Crippen LogP contribution in [0.2, 0.25) is 0 Å². The molecule has 4 nitrogen and oxygen atoms in total. The van der Waals surface area contributed by atoms with Crippen LogP contribution in [0.1, 0.15) is 25.0 Å². The number of carbonyl (C=O) groups is 2. The minimum Gasteiger partial charge on any atom is -0.457 e. The van der Waals surface area contributed by atoms with Crippen molar-refractivity contribution in [3.63, 3.8) is 0 Å². The maximum Gasteiger partial charge on any atom is 0.330 e. The topological polar surface area (TPSA) is 52.6 Å². The Hall–Kier alpha value is -0.780. The average Bonchev–Trinajstić information content (AvgIpc) is 3.42. The van der Waals surface area contributed by atoms with Gasteiger partial charge in [0, 0.05) is 45.0 Å². The fourth-order valence-electron chi connectivity index (χ4n) is 3.23. The molecule has 3 rings (SSSR count). The molecule has 0 saturated heterocycles. The number of allylic oxidation sites excluding steroid dienone is 2. The predicted molar refractivity (Wildman–Crippen MR) is 164 cm³/mol. The normalized spacial score (nSPS) is 19.5. The summed E-state index contributed by atoms with van der Waals surface area (Å²) in [6.45, 7) is 11.8. The second-order valence-electron chi connectivity index (χ2n) is 7.71. The minimum absolute atomic E-state index is 0.337. The van der Waals surface area contributed by atoms with Crippen molar-refractivity contribution in [2.24, 2.45) is 0 Å². The van der Waals surface area contributed by atoms with E-state index in [1.54, 1.807) is 0 Å². The van der Waals surface area contributed by atoms with Crippen molar-refractivity contribution in [3.8, 4) is 0 Å². The van der Waals surface area contributed by atoms with Gasteiger partial charge in [-0.15, -0.1) is 47.0 Å². The first-order valence-corrected chi connectivity index (χ1v) is 17.1. The predicted octanol–water partition coefficient (Wildman–Crippen LogP) is 7.69. The molecule has 10 heteroatoms. The highest BCUT2D eigenvalue weighted by Gasteiger charge is 2.25. The second-order valence-corrected chi connectivity index (χ2v) is 15.8. The van der Waals surface area contributed by atoms with Gasteiger partial charge in [-0.05, 0) is 34.8 Å². The highest BCUT2D eigenvalue weighted by molar-refractivity contribution is 8.24. The molecule has 36 heavy (non-hydrogen) atoms. The summed E-state index contributed by atoms with van der Waals surface area (Å²) in [7, 11) is 0. The zero-order chi connectivity index (χ0) is 25.9. The standard InChI is InChI=1S/C26H30O4S6/c1-5-23(27)29-11-21-17(3)33-25(35-21)15-31-13-19-9-7-8-10-20(19)14-32-16-26-34-18(4)22(36-26)12-30-24(28)6-2/h5-10,25-26H,1-2,11-16H2,3-4H3. The van der Waals surface area contributed by atoms with Crippen LogP contribution in [0.3, 0.4) is 0 Å².